The van der Waals surface area contributed by atoms with E-state index in [1.54, 1.807) is 28.8 Å². The van der Waals surface area contributed by atoms with Gasteiger partial charge in [-0.2, -0.15) is 5.10 Å². The van der Waals surface area contributed by atoms with Crippen LogP contribution >= 0.6 is 0 Å². The Morgan fingerprint density at radius 1 is 1.17 bits per heavy atom. The first kappa shape index (κ1) is 21.3. The topological polar surface area (TPSA) is 77.1 Å². The van der Waals surface area contributed by atoms with E-state index in [4.69, 9.17) is 0 Å². The fraction of sp³-hybridized carbons (Fsp3) is 0.292. The summed E-state index contributed by atoms with van der Waals surface area (Å²) in [6.07, 6.45) is 5.25. The van der Waals surface area contributed by atoms with E-state index in [0.717, 1.165) is 36.2 Å². The summed E-state index contributed by atoms with van der Waals surface area (Å²) in [6.45, 7) is 6.80. The van der Waals surface area contributed by atoms with Crippen LogP contribution in [0.15, 0.2) is 66.0 Å². The maximum atomic E-state index is 12.8. The van der Waals surface area contributed by atoms with Crippen molar-refractivity contribution in [2.75, 3.05) is 0 Å². The Labute approximate surface area is 176 Å². The van der Waals surface area contributed by atoms with Gasteiger partial charge < -0.3 is 5.11 Å². The van der Waals surface area contributed by atoms with Crippen LogP contribution in [-0.4, -0.2) is 25.4 Å². The van der Waals surface area contributed by atoms with Crippen LogP contribution in [-0.2, 0) is 19.5 Å². The molecular weight excluding hydrogens is 378 g/mol. The minimum atomic E-state index is -0.950. The number of hydrogen-bond donors (Lipinski definition) is 1. The fourth-order valence-corrected chi connectivity index (χ4v) is 3.42. The Kier molecular flexibility index (Phi) is 7.01. The first-order valence-electron chi connectivity index (χ1n) is 10.2. The SMILES string of the molecule is C=CCCn1nc(CCCC)n(Cc2ccc(-c3ccccc3C(=O)O)cc2)c1=O. The van der Waals surface area contributed by atoms with Gasteiger partial charge >= 0.3 is 11.7 Å². The Morgan fingerprint density at radius 2 is 1.90 bits per heavy atom. The zero-order valence-corrected chi connectivity index (χ0v) is 17.3. The van der Waals surface area contributed by atoms with Gasteiger partial charge in [0.15, 0.2) is 0 Å². The van der Waals surface area contributed by atoms with Gasteiger partial charge in [0.25, 0.3) is 0 Å². The maximum absolute atomic E-state index is 12.8. The molecule has 2 aromatic carbocycles. The Balaban J connectivity index is 1.88. The first-order valence-corrected chi connectivity index (χ1v) is 10.2. The van der Waals surface area contributed by atoms with Gasteiger partial charge in [-0.1, -0.05) is 61.9 Å². The van der Waals surface area contributed by atoms with Gasteiger partial charge in [-0.3, -0.25) is 4.57 Å². The number of allylic oxidation sites excluding steroid dienone is 1. The van der Waals surface area contributed by atoms with Crippen molar-refractivity contribution in [3.05, 3.63) is 88.6 Å². The number of carboxylic acid groups (broad SMARTS) is 1. The molecule has 1 N–H and O–H groups in total. The number of aryl methyl sites for hydroxylation is 2. The van der Waals surface area contributed by atoms with Crippen molar-refractivity contribution in [1.82, 2.24) is 14.3 Å². The quantitative estimate of drug-likeness (QED) is 0.508. The molecule has 6 heteroatoms. The first-order chi connectivity index (χ1) is 14.5. The molecule has 30 heavy (non-hydrogen) atoms. The minimum Gasteiger partial charge on any atom is -0.478 e. The predicted molar refractivity (Wildman–Crippen MR) is 118 cm³/mol. The number of benzene rings is 2. The standard InChI is InChI=1S/C24H27N3O3/c1-3-5-11-22-25-27(16-6-4-2)24(30)26(22)17-18-12-14-19(15-13-18)20-9-7-8-10-21(20)23(28)29/h4,7-10,12-15H,2-3,5-6,11,16-17H2,1H3,(H,28,29). The number of nitrogens with zero attached hydrogens (tertiary/aromatic N) is 3. The van der Waals surface area contributed by atoms with Crippen molar-refractivity contribution in [2.24, 2.45) is 0 Å². The largest absolute Gasteiger partial charge is 0.478 e. The van der Waals surface area contributed by atoms with E-state index in [2.05, 4.69) is 18.6 Å². The molecule has 0 aliphatic carbocycles. The van der Waals surface area contributed by atoms with Gasteiger partial charge in [0, 0.05) is 13.0 Å². The van der Waals surface area contributed by atoms with Crippen LogP contribution in [0.25, 0.3) is 11.1 Å². The highest BCUT2D eigenvalue weighted by Gasteiger charge is 2.14. The molecule has 0 saturated heterocycles. The van der Waals surface area contributed by atoms with Gasteiger partial charge in [-0.15, -0.1) is 6.58 Å². The molecule has 0 spiro atoms. The summed E-state index contributed by atoms with van der Waals surface area (Å²) >= 11 is 0. The van der Waals surface area contributed by atoms with Gasteiger partial charge in [-0.25, -0.2) is 14.3 Å². The number of carbonyl (C=O) groups is 1. The third-order valence-electron chi connectivity index (χ3n) is 5.06. The van der Waals surface area contributed by atoms with E-state index < -0.39 is 5.97 Å². The summed E-state index contributed by atoms with van der Waals surface area (Å²) in [4.78, 5) is 24.3. The van der Waals surface area contributed by atoms with E-state index in [1.165, 1.54) is 4.68 Å². The van der Waals surface area contributed by atoms with Crippen LogP contribution in [0.1, 0.15) is 47.9 Å². The second-order valence-electron chi connectivity index (χ2n) is 7.24. The van der Waals surface area contributed by atoms with Crippen LogP contribution in [0.3, 0.4) is 0 Å². The number of rotatable bonds is 10. The number of unbranched alkanes of at least 4 members (excludes halogenated alkanes) is 1. The van der Waals surface area contributed by atoms with E-state index in [-0.39, 0.29) is 11.3 Å². The lowest BCUT2D eigenvalue weighted by atomic mass is 9.99. The molecule has 3 aromatic rings. The number of aromatic nitrogens is 3. The van der Waals surface area contributed by atoms with Crippen molar-refractivity contribution < 1.29 is 9.90 Å². The van der Waals surface area contributed by atoms with Crippen LogP contribution in [0.2, 0.25) is 0 Å². The maximum Gasteiger partial charge on any atom is 0.346 e. The van der Waals surface area contributed by atoms with E-state index in [9.17, 15) is 14.7 Å². The summed E-state index contributed by atoms with van der Waals surface area (Å²) in [6, 6.07) is 14.6. The second-order valence-corrected chi connectivity index (χ2v) is 7.24. The van der Waals surface area contributed by atoms with Gasteiger partial charge in [0.1, 0.15) is 5.82 Å². The van der Waals surface area contributed by atoms with Crippen molar-refractivity contribution in [2.45, 2.75) is 45.7 Å². The molecule has 0 radical (unpaired) electrons. The third-order valence-corrected chi connectivity index (χ3v) is 5.06. The summed E-state index contributed by atoms with van der Waals surface area (Å²) in [5.74, 6) is -0.153. The van der Waals surface area contributed by atoms with Crippen molar-refractivity contribution >= 4 is 5.97 Å². The van der Waals surface area contributed by atoms with E-state index in [0.29, 0.717) is 25.1 Å². The number of carboxylic acids is 1. The molecule has 0 aliphatic rings. The molecule has 6 nitrogen and oxygen atoms in total. The number of hydrogen-bond acceptors (Lipinski definition) is 3. The van der Waals surface area contributed by atoms with Gasteiger partial charge in [-0.05, 0) is 35.6 Å². The lowest BCUT2D eigenvalue weighted by Gasteiger charge is -2.09. The zero-order valence-electron chi connectivity index (χ0n) is 17.3. The second kappa shape index (κ2) is 9.87. The highest BCUT2D eigenvalue weighted by atomic mass is 16.4. The van der Waals surface area contributed by atoms with E-state index in [1.807, 2.05) is 30.3 Å². The average Bonchev–Trinajstić information content (AvgIpc) is 3.05. The predicted octanol–water partition coefficient (Wildman–Crippen LogP) is 4.38. The van der Waals surface area contributed by atoms with Crippen molar-refractivity contribution in [3.63, 3.8) is 0 Å². The number of aromatic carboxylic acids is 1. The Bertz CT molecular complexity index is 1080. The summed E-state index contributed by atoms with van der Waals surface area (Å²) in [5.41, 5.74) is 2.64. The molecular formula is C24H27N3O3. The molecule has 0 saturated carbocycles. The molecule has 156 valence electrons. The van der Waals surface area contributed by atoms with Crippen LogP contribution in [0, 0.1) is 0 Å². The van der Waals surface area contributed by atoms with Gasteiger partial charge in [0.05, 0.1) is 12.1 Å². The molecule has 0 amide bonds. The molecule has 1 aromatic heterocycles. The Morgan fingerprint density at radius 3 is 2.57 bits per heavy atom. The Hall–Kier alpha value is -3.41. The third kappa shape index (κ3) is 4.76. The minimum absolute atomic E-state index is 0.108. The highest BCUT2D eigenvalue weighted by molar-refractivity contribution is 5.95. The fourth-order valence-electron chi connectivity index (χ4n) is 3.42. The lowest BCUT2D eigenvalue weighted by molar-refractivity contribution is 0.0697. The average molecular weight is 405 g/mol. The van der Waals surface area contributed by atoms with Crippen LogP contribution in [0.4, 0.5) is 0 Å². The monoisotopic (exact) mass is 405 g/mol. The molecule has 0 aliphatic heterocycles. The normalized spacial score (nSPS) is 10.8. The van der Waals surface area contributed by atoms with Crippen molar-refractivity contribution in [1.29, 1.82) is 0 Å². The summed E-state index contributed by atoms with van der Waals surface area (Å²) in [5, 5.41) is 13.9. The molecule has 0 fully saturated rings. The van der Waals surface area contributed by atoms with Crippen molar-refractivity contribution in [3.8, 4) is 11.1 Å². The summed E-state index contributed by atoms with van der Waals surface area (Å²) in [7, 11) is 0. The lowest BCUT2D eigenvalue weighted by Crippen LogP contribution is -2.26. The van der Waals surface area contributed by atoms with Gasteiger partial charge in [0.2, 0.25) is 0 Å². The molecule has 1 heterocycles. The van der Waals surface area contributed by atoms with Crippen LogP contribution < -0.4 is 5.69 Å². The zero-order chi connectivity index (χ0) is 21.5. The summed E-state index contributed by atoms with van der Waals surface area (Å²) < 4.78 is 3.25. The highest BCUT2D eigenvalue weighted by Crippen LogP contribution is 2.24. The van der Waals surface area contributed by atoms with E-state index >= 15 is 0 Å². The molecule has 3 rings (SSSR count). The molecule has 0 unspecified atom stereocenters. The molecule has 0 bridgehead atoms. The van der Waals surface area contributed by atoms with Crippen LogP contribution in [0.5, 0.6) is 0 Å². The smallest absolute Gasteiger partial charge is 0.346 e. The molecule has 0 atom stereocenters.